The highest BCUT2D eigenvalue weighted by atomic mass is 79.9. The molecule has 1 aliphatic heterocycles. The molecule has 29 heavy (non-hydrogen) atoms. The number of para-hydroxylation sites is 2. The molecular weight excluding hydrogens is 420 g/mol. The van der Waals surface area contributed by atoms with Gasteiger partial charge in [-0.1, -0.05) is 95.3 Å². The molecule has 3 heteroatoms. The highest BCUT2D eigenvalue weighted by molar-refractivity contribution is 9.12. The summed E-state index contributed by atoms with van der Waals surface area (Å²) < 4.78 is 3.41. The van der Waals surface area contributed by atoms with Gasteiger partial charge in [-0.2, -0.15) is 0 Å². The van der Waals surface area contributed by atoms with Gasteiger partial charge in [-0.05, 0) is 40.5 Å². The Balaban J connectivity index is 1.84. The maximum atomic E-state index is 5.17. The zero-order chi connectivity index (χ0) is 19.6. The largest absolute Gasteiger partial charge is 0.294 e. The van der Waals surface area contributed by atoms with Gasteiger partial charge < -0.3 is 0 Å². The summed E-state index contributed by atoms with van der Waals surface area (Å²) in [6, 6.07) is 25.7. The minimum atomic E-state index is -0.451. The number of aromatic nitrogens is 2. The lowest BCUT2D eigenvalue weighted by Crippen LogP contribution is -2.26. The molecule has 4 aromatic rings. The van der Waals surface area contributed by atoms with Crippen LogP contribution in [0.1, 0.15) is 17.0 Å². The quantitative estimate of drug-likeness (QED) is 0.320. The minimum Gasteiger partial charge on any atom is -0.294 e. The topological polar surface area (TPSA) is 17.8 Å². The van der Waals surface area contributed by atoms with Crippen molar-refractivity contribution in [1.82, 2.24) is 9.55 Å². The third-order valence-corrected chi connectivity index (χ3v) is 7.03. The third-order valence-electron chi connectivity index (χ3n) is 6.03. The van der Waals surface area contributed by atoms with E-state index in [0.29, 0.717) is 0 Å². The maximum absolute atomic E-state index is 5.17. The molecule has 3 aromatic carbocycles. The summed E-state index contributed by atoms with van der Waals surface area (Å²) in [6.07, 6.45) is 5.92. The SMILES string of the molecule is C=C/C=C\C1=C(Br)C2(c3ccccc3-c3ccccc32)c2nc3ccccc3n21. The number of halogens is 1. The van der Waals surface area contributed by atoms with E-state index < -0.39 is 5.41 Å². The van der Waals surface area contributed by atoms with Crippen molar-refractivity contribution < 1.29 is 0 Å². The molecule has 0 N–H and O–H groups in total. The van der Waals surface area contributed by atoms with Crippen molar-refractivity contribution in [3.63, 3.8) is 0 Å². The number of imidazole rings is 1. The second-order valence-corrected chi connectivity index (χ2v) is 8.19. The molecule has 0 amide bonds. The van der Waals surface area contributed by atoms with Crippen LogP contribution in [0.4, 0.5) is 0 Å². The van der Waals surface area contributed by atoms with Gasteiger partial charge in [-0.25, -0.2) is 4.98 Å². The fraction of sp³-hybridized carbons (Fsp3) is 0.0385. The van der Waals surface area contributed by atoms with Crippen molar-refractivity contribution in [2.45, 2.75) is 5.41 Å². The van der Waals surface area contributed by atoms with Gasteiger partial charge in [-0.15, -0.1) is 0 Å². The Morgan fingerprint density at radius 3 is 2.17 bits per heavy atom. The van der Waals surface area contributed by atoms with Gasteiger partial charge in [0.2, 0.25) is 0 Å². The van der Waals surface area contributed by atoms with Crippen molar-refractivity contribution in [2.75, 3.05) is 0 Å². The fourth-order valence-corrected chi connectivity index (χ4v) is 5.84. The number of nitrogens with zero attached hydrogens (tertiary/aromatic N) is 2. The number of hydrogen-bond donors (Lipinski definition) is 0. The van der Waals surface area contributed by atoms with Crippen LogP contribution < -0.4 is 0 Å². The lowest BCUT2D eigenvalue weighted by atomic mass is 9.78. The first-order valence-corrected chi connectivity index (χ1v) is 10.4. The van der Waals surface area contributed by atoms with Crippen molar-refractivity contribution in [3.05, 3.63) is 119 Å². The van der Waals surface area contributed by atoms with E-state index >= 15 is 0 Å². The fourth-order valence-electron chi connectivity index (χ4n) is 4.93. The summed E-state index contributed by atoms with van der Waals surface area (Å²) in [5, 5.41) is 0. The Hall–Kier alpha value is -3.17. The van der Waals surface area contributed by atoms with Crippen LogP contribution in [0.5, 0.6) is 0 Å². The molecule has 0 bridgehead atoms. The van der Waals surface area contributed by atoms with Gasteiger partial charge in [0.1, 0.15) is 11.2 Å². The molecule has 1 aliphatic carbocycles. The molecule has 0 atom stereocenters. The van der Waals surface area contributed by atoms with E-state index in [2.05, 4.69) is 99.9 Å². The van der Waals surface area contributed by atoms with Crippen LogP contribution in [-0.4, -0.2) is 9.55 Å². The minimum absolute atomic E-state index is 0.451. The Kier molecular flexibility index (Phi) is 3.42. The number of rotatable bonds is 2. The number of hydrogen-bond acceptors (Lipinski definition) is 1. The van der Waals surface area contributed by atoms with E-state index in [4.69, 9.17) is 4.98 Å². The van der Waals surface area contributed by atoms with Gasteiger partial charge in [-0.3, -0.25) is 4.57 Å². The molecule has 138 valence electrons. The van der Waals surface area contributed by atoms with Gasteiger partial charge >= 0.3 is 0 Å². The van der Waals surface area contributed by atoms with E-state index in [-0.39, 0.29) is 0 Å². The molecule has 0 saturated heterocycles. The molecule has 0 unspecified atom stereocenters. The van der Waals surface area contributed by atoms with Crippen molar-refractivity contribution in [3.8, 4) is 11.1 Å². The van der Waals surface area contributed by atoms with Crippen LogP contribution in [0.25, 0.3) is 27.9 Å². The first kappa shape index (κ1) is 16.8. The second-order valence-electron chi connectivity index (χ2n) is 7.39. The van der Waals surface area contributed by atoms with E-state index in [1.165, 1.54) is 22.3 Å². The molecule has 1 spiro atoms. The monoisotopic (exact) mass is 436 g/mol. The Morgan fingerprint density at radius 1 is 0.862 bits per heavy atom. The summed E-state index contributed by atoms with van der Waals surface area (Å²) in [7, 11) is 0. The average molecular weight is 437 g/mol. The highest BCUT2D eigenvalue weighted by Crippen LogP contribution is 2.61. The molecule has 0 fully saturated rings. The van der Waals surface area contributed by atoms with Gasteiger partial charge in [0.25, 0.3) is 0 Å². The normalized spacial score (nSPS) is 15.9. The van der Waals surface area contributed by atoms with Crippen molar-refractivity contribution in [1.29, 1.82) is 0 Å². The number of allylic oxidation sites excluding steroid dienone is 5. The zero-order valence-corrected chi connectivity index (χ0v) is 17.2. The first-order chi connectivity index (χ1) is 14.3. The maximum Gasteiger partial charge on any atom is 0.134 e. The zero-order valence-electron chi connectivity index (χ0n) is 15.6. The van der Waals surface area contributed by atoms with Crippen LogP contribution in [0, 0.1) is 0 Å². The molecule has 0 radical (unpaired) electrons. The second kappa shape index (κ2) is 5.91. The molecule has 2 nitrogen and oxygen atoms in total. The Morgan fingerprint density at radius 2 is 1.48 bits per heavy atom. The van der Waals surface area contributed by atoms with Gasteiger partial charge in [0.15, 0.2) is 0 Å². The van der Waals surface area contributed by atoms with Crippen LogP contribution in [0.2, 0.25) is 0 Å². The molecule has 1 aromatic heterocycles. The summed E-state index contributed by atoms with van der Waals surface area (Å²) in [5.74, 6) is 1.03. The lowest BCUT2D eigenvalue weighted by Gasteiger charge is -2.26. The number of benzene rings is 3. The van der Waals surface area contributed by atoms with Crippen LogP contribution >= 0.6 is 15.9 Å². The predicted octanol–water partition coefficient (Wildman–Crippen LogP) is 6.67. The first-order valence-electron chi connectivity index (χ1n) is 9.65. The Bertz CT molecular complexity index is 1340. The Labute approximate surface area is 177 Å². The third kappa shape index (κ3) is 1.93. The molecule has 2 heterocycles. The van der Waals surface area contributed by atoms with Gasteiger partial charge in [0, 0.05) is 4.48 Å². The van der Waals surface area contributed by atoms with Crippen molar-refractivity contribution in [2.24, 2.45) is 0 Å². The molecule has 2 aliphatic rings. The van der Waals surface area contributed by atoms with E-state index in [1.54, 1.807) is 0 Å². The van der Waals surface area contributed by atoms with Crippen LogP contribution in [-0.2, 0) is 5.41 Å². The van der Waals surface area contributed by atoms with E-state index in [9.17, 15) is 0 Å². The van der Waals surface area contributed by atoms with E-state index in [1.807, 2.05) is 18.2 Å². The molecule has 6 rings (SSSR count). The lowest BCUT2D eigenvalue weighted by molar-refractivity contribution is 0.747. The summed E-state index contributed by atoms with van der Waals surface area (Å²) in [4.78, 5) is 5.17. The summed E-state index contributed by atoms with van der Waals surface area (Å²) >= 11 is 4.04. The predicted molar refractivity (Wildman–Crippen MR) is 123 cm³/mol. The average Bonchev–Trinajstić information content (AvgIpc) is 3.36. The summed E-state index contributed by atoms with van der Waals surface area (Å²) in [6.45, 7) is 3.86. The highest BCUT2D eigenvalue weighted by Gasteiger charge is 2.54. The summed E-state index contributed by atoms with van der Waals surface area (Å²) in [5.41, 5.74) is 7.85. The number of fused-ring (bicyclic) bond motifs is 9. The standard InChI is InChI=1S/C26H17BrN2/c1-2-3-15-23-24(27)26(25-28-21-14-8-9-16-22(21)29(23)25)19-12-6-4-10-17(19)18-11-5-7-13-20(18)26/h2-16H,1H2/b15-3-. The molecule has 0 saturated carbocycles. The van der Waals surface area contributed by atoms with E-state index in [0.717, 1.165) is 27.0 Å². The smallest absolute Gasteiger partial charge is 0.134 e. The van der Waals surface area contributed by atoms with Crippen molar-refractivity contribution >= 4 is 32.7 Å². The molecular formula is C26H17BrN2. The van der Waals surface area contributed by atoms with Gasteiger partial charge in [0.05, 0.1) is 16.7 Å². The van der Waals surface area contributed by atoms with Crippen LogP contribution in [0.3, 0.4) is 0 Å². The van der Waals surface area contributed by atoms with Crippen LogP contribution in [0.15, 0.2) is 102 Å².